The topological polar surface area (TPSA) is 110 Å². The fraction of sp³-hybridized carbons (Fsp3) is 0.250. The average Bonchev–Trinajstić information content (AvgIpc) is 1.99. The number of amidine groups is 1. The van der Waals surface area contributed by atoms with Crippen LogP contribution in [0.2, 0.25) is 0 Å². The minimum absolute atomic E-state index is 0.134. The summed E-state index contributed by atoms with van der Waals surface area (Å²) in [6.45, 7) is 0. The van der Waals surface area contributed by atoms with Crippen molar-refractivity contribution in [2.24, 2.45) is 21.8 Å². The first kappa shape index (κ1) is 8.23. The third-order valence-corrected chi connectivity index (χ3v) is 0.670. The van der Waals surface area contributed by atoms with Crippen LogP contribution in [0.4, 0.5) is 0 Å². The van der Waals surface area contributed by atoms with E-state index in [2.05, 4.69) is 15.1 Å². The molecule has 0 aliphatic heterocycles. The molecule has 0 fully saturated rings. The average molecular weight is 141 g/mol. The smallest absolute Gasteiger partial charge is 0.223 e. The fourth-order valence-corrected chi connectivity index (χ4v) is 0.277. The molecule has 4 N–H and O–H groups in total. The van der Waals surface area contributed by atoms with Crippen LogP contribution in [0.5, 0.6) is 0 Å². The maximum atomic E-state index is 8.28. The molecule has 0 aromatic heterocycles. The van der Waals surface area contributed by atoms with Gasteiger partial charge in [-0.3, -0.25) is 0 Å². The summed E-state index contributed by atoms with van der Waals surface area (Å²) in [5, 5.41) is 14.6. The standard InChI is InChI=1S/C4H7N5O/c1-10-9-3(2-5)4(6)8-7/h7H2,1H3,(H2,6,8)/b9-3+. The second-order valence-electron chi connectivity index (χ2n) is 1.25. The van der Waals surface area contributed by atoms with E-state index in [1.165, 1.54) is 7.11 Å². The molecule has 0 spiro atoms. The second-order valence-corrected chi connectivity index (χ2v) is 1.25. The normalized spacial score (nSPS) is 12.4. The predicted molar refractivity (Wildman–Crippen MR) is 35.9 cm³/mol. The summed E-state index contributed by atoms with van der Waals surface area (Å²) < 4.78 is 0. The van der Waals surface area contributed by atoms with Gasteiger partial charge in [0, 0.05) is 0 Å². The third-order valence-electron chi connectivity index (χ3n) is 0.670. The number of hydrazone groups is 1. The summed E-state index contributed by atoms with van der Waals surface area (Å²) in [5.41, 5.74) is 4.97. The largest absolute Gasteiger partial charge is 0.398 e. The van der Waals surface area contributed by atoms with E-state index in [0.29, 0.717) is 0 Å². The Morgan fingerprint density at radius 2 is 2.30 bits per heavy atom. The minimum atomic E-state index is -0.149. The van der Waals surface area contributed by atoms with Crippen molar-refractivity contribution in [3.05, 3.63) is 0 Å². The zero-order valence-corrected chi connectivity index (χ0v) is 5.40. The summed E-state index contributed by atoms with van der Waals surface area (Å²) in [5.74, 6) is 4.61. The maximum Gasteiger partial charge on any atom is 0.223 e. The molecule has 0 unspecified atom stereocenters. The van der Waals surface area contributed by atoms with E-state index in [4.69, 9.17) is 16.8 Å². The van der Waals surface area contributed by atoms with Crippen molar-refractivity contribution in [3.8, 4) is 6.07 Å². The number of oxime groups is 1. The summed E-state index contributed by atoms with van der Waals surface area (Å²) in [6.07, 6.45) is 0. The summed E-state index contributed by atoms with van der Waals surface area (Å²) in [7, 11) is 1.29. The summed E-state index contributed by atoms with van der Waals surface area (Å²) >= 11 is 0. The van der Waals surface area contributed by atoms with Gasteiger partial charge in [-0.2, -0.15) is 10.4 Å². The quantitative estimate of drug-likeness (QED) is 0.216. The maximum absolute atomic E-state index is 8.28. The number of hydrogen-bond donors (Lipinski definition) is 2. The fourth-order valence-electron chi connectivity index (χ4n) is 0.277. The van der Waals surface area contributed by atoms with E-state index in [9.17, 15) is 0 Å². The van der Waals surface area contributed by atoms with Gasteiger partial charge in [0.25, 0.3) is 0 Å². The first-order valence-corrected chi connectivity index (χ1v) is 2.31. The van der Waals surface area contributed by atoms with Crippen LogP contribution in [0, 0.1) is 11.3 Å². The van der Waals surface area contributed by atoms with Crippen molar-refractivity contribution < 1.29 is 4.84 Å². The van der Waals surface area contributed by atoms with E-state index in [0.717, 1.165) is 0 Å². The van der Waals surface area contributed by atoms with Crippen LogP contribution >= 0.6 is 0 Å². The molecule has 0 saturated heterocycles. The van der Waals surface area contributed by atoms with E-state index in [1.54, 1.807) is 6.07 Å². The first-order chi connectivity index (χ1) is 4.76. The van der Waals surface area contributed by atoms with Gasteiger partial charge in [0.15, 0.2) is 5.84 Å². The lowest BCUT2D eigenvalue weighted by Gasteiger charge is -1.91. The molecule has 0 rings (SSSR count). The highest BCUT2D eigenvalue weighted by Crippen LogP contribution is 1.76. The molecule has 0 amide bonds. The summed E-state index contributed by atoms with van der Waals surface area (Å²) in [4.78, 5) is 4.27. The van der Waals surface area contributed by atoms with Gasteiger partial charge < -0.3 is 16.4 Å². The number of hydrogen-bond acceptors (Lipinski definition) is 5. The monoisotopic (exact) mass is 141 g/mol. The molecule has 10 heavy (non-hydrogen) atoms. The molecule has 0 aliphatic rings. The SMILES string of the molecule is CO/N=C(C#N)/C(N)=N/N. The van der Waals surface area contributed by atoms with Gasteiger partial charge in [0.1, 0.15) is 13.2 Å². The van der Waals surface area contributed by atoms with Crippen LogP contribution in [-0.4, -0.2) is 18.7 Å². The number of nitrogens with zero attached hydrogens (tertiary/aromatic N) is 3. The molecule has 0 aromatic rings. The highest BCUT2D eigenvalue weighted by Gasteiger charge is 2.02. The van der Waals surface area contributed by atoms with Gasteiger partial charge in [0.05, 0.1) is 0 Å². The Labute approximate surface area is 57.7 Å². The molecule has 0 saturated carbocycles. The van der Waals surface area contributed by atoms with Crippen LogP contribution < -0.4 is 11.6 Å². The zero-order chi connectivity index (χ0) is 7.98. The Balaban J connectivity index is 4.41. The highest BCUT2D eigenvalue weighted by atomic mass is 16.6. The van der Waals surface area contributed by atoms with Crippen LogP contribution in [0.25, 0.3) is 0 Å². The Morgan fingerprint density at radius 3 is 2.60 bits per heavy atom. The lowest BCUT2D eigenvalue weighted by atomic mass is 10.4. The Hall–Kier alpha value is -1.77. The molecule has 0 atom stereocenters. The second kappa shape index (κ2) is 4.14. The van der Waals surface area contributed by atoms with Gasteiger partial charge >= 0.3 is 0 Å². The molecule has 6 nitrogen and oxygen atoms in total. The molecular formula is C4H7N5O. The van der Waals surface area contributed by atoms with E-state index in [-0.39, 0.29) is 11.5 Å². The molecule has 54 valence electrons. The van der Waals surface area contributed by atoms with E-state index in [1.807, 2.05) is 0 Å². The van der Waals surface area contributed by atoms with Gasteiger partial charge in [-0.25, -0.2) is 0 Å². The Bertz CT molecular complexity index is 200. The van der Waals surface area contributed by atoms with Crippen molar-refractivity contribution >= 4 is 11.5 Å². The van der Waals surface area contributed by atoms with Crippen molar-refractivity contribution in [1.82, 2.24) is 0 Å². The minimum Gasteiger partial charge on any atom is -0.398 e. The molecule has 6 heteroatoms. The molecule has 0 aromatic carbocycles. The Morgan fingerprint density at radius 1 is 1.70 bits per heavy atom. The van der Waals surface area contributed by atoms with Gasteiger partial charge in [-0.1, -0.05) is 5.16 Å². The van der Waals surface area contributed by atoms with Crippen molar-refractivity contribution in [2.75, 3.05) is 7.11 Å². The third kappa shape index (κ3) is 2.00. The van der Waals surface area contributed by atoms with Crippen LogP contribution in [0.1, 0.15) is 0 Å². The predicted octanol–water partition coefficient (Wildman–Crippen LogP) is -1.26. The van der Waals surface area contributed by atoms with Crippen LogP contribution in [0.3, 0.4) is 0 Å². The molecule has 0 heterocycles. The summed E-state index contributed by atoms with van der Waals surface area (Å²) in [6, 6.07) is 1.64. The van der Waals surface area contributed by atoms with Crippen molar-refractivity contribution in [1.29, 1.82) is 5.26 Å². The number of nitriles is 1. The molecule has 0 aliphatic carbocycles. The van der Waals surface area contributed by atoms with E-state index >= 15 is 0 Å². The van der Waals surface area contributed by atoms with Gasteiger partial charge in [-0.15, -0.1) is 0 Å². The number of nitrogens with two attached hydrogens (primary N) is 2. The highest BCUT2D eigenvalue weighted by molar-refractivity contribution is 6.46. The lowest BCUT2D eigenvalue weighted by molar-refractivity contribution is 0.214. The lowest BCUT2D eigenvalue weighted by Crippen LogP contribution is -2.24. The van der Waals surface area contributed by atoms with Crippen LogP contribution in [-0.2, 0) is 4.84 Å². The molecule has 0 bridgehead atoms. The van der Waals surface area contributed by atoms with Crippen molar-refractivity contribution in [3.63, 3.8) is 0 Å². The molecule has 0 radical (unpaired) electrons. The van der Waals surface area contributed by atoms with Gasteiger partial charge in [0.2, 0.25) is 5.71 Å². The van der Waals surface area contributed by atoms with E-state index < -0.39 is 0 Å². The number of rotatable bonds is 2. The van der Waals surface area contributed by atoms with Gasteiger partial charge in [-0.05, 0) is 0 Å². The molecular weight excluding hydrogens is 134 g/mol. The Kier molecular flexibility index (Phi) is 3.41. The van der Waals surface area contributed by atoms with Crippen molar-refractivity contribution in [2.45, 2.75) is 0 Å². The first-order valence-electron chi connectivity index (χ1n) is 2.31. The zero-order valence-electron chi connectivity index (χ0n) is 5.40. The van der Waals surface area contributed by atoms with Crippen LogP contribution in [0.15, 0.2) is 10.3 Å².